The van der Waals surface area contributed by atoms with Gasteiger partial charge in [0.1, 0.15) is 23.0 Å². The molecular formula is C27H17Cl2F4N5O4. The molecule has 42 heavy (non-hydrogen) atoms. The zero-order valence-corrected chi connectivity index (χ0v) is 22.4. The first-order chi connectivity index (χ1) is 19.9. The number of ether oxygens (including phenoxy) is 1. The van der Waals surface area contributed by atoms with Crippen LogP contribution >= 0.6 is 23.2 Å². The number of anilines is 2. The number of hydrazine groups is 1. The fourth-order valence-corrected chi connectivity index (χ4v) is 3.75. The maximum atomic E-state index is 13.3. The number of nitrogens with one attached hydrogen (secondary N) is 4. The third-order valence-electron chi connectivity index (χ3n) is 5.31. The Morgan fingerprint density at radius 3 is 2.10 bits per heavy atom. The summed E-state index contributed by atoms with van der Waals surface area (Å²) in [5.74, 6) is -1.68. The van der Waals surface area contributed by atoms with Crippen LogP contribution in [0, 0.1) is 5.82 Å². The Hall–Kier alpha value is -4.88. The van der Waals surface area contributed by atoms with Crippen LogP contribution in [-0.2, 0) is 6.18 Å². The number of pyridine rings is 1. The van der Waals surface area contributed by atoms with Crippen molar-refractivity contribution in [2.45, 2.75) is 6.18 Å². The highest BCUT2D eigenvalue weighted by atomic mass is 35.5. The van der Waals surface area contributed by atoms with E-state index in [1.54, 1.807) is 0 Å². The van der Waals surface area contributed by atoms with Gasteiger partial charge in [0.25, 0.3) is 11.8 Å². The van der Waals surface area contributed by atoms with E-state index in [4.69, 9.17) is 27.9 Å². The SMILES string of the molecule is O=C(Nc1ccc(Oc2ccnc(C(=O)NNC(=O)c3ccc(F)c(Cl)c3)c2)cc1)Nc1ccc(Cl)c(C(F)(F)F)c1. The smallest absolute Gasteiger partial charge is 0.417 e. The van der Waals surface area contributed by atoms with Crippen LogP contribution in [-0.4, -0.2) is 22.8 Å². The minimum Gasteiger partial charge on any atom is -0.457 e. The van der Waals surface area contributed by atoms with Crippen LogP contribution in [0.2, 0.25) is 10.0 Å². The van der Waals surface area contributed by atoms with E-state index in [-0.39, 0.29) is 27.7 Å². The van der Waals surface area contributed by atoms with Gasteiger partial charge < -0.3 is 15.4 Å². The number of carbonyl (C=O) groups excluding carboxylic acids is 3. The second kappa shape index (κ2) is 12.7. The van der Waals surface area contributed by atoms with E-state index in [0.29, 0.717) is 11.4 Å². The molecule has 0 spiro atoms. The van der Waals surface area contributed by atoms with Crippen LogP contribution < -0.4 is 26.2 Å². The fourth-order valence-electron chi connectivity index (χ4n) is 3.34. The van der Waals surface area contributed by atoms with E-state index in [1.807, 2.05) is 0 Å². The van der Waals surface area contributed by atoms with E-state index in [0.717, 1.165) is 24.3 Å². The average Bonchev–Trinajstić information content (AvgIpc) is 2.94. The van der Waals surface area contributed by atoms with Gasteiger partial charge in [0.05, 0.1) is 15.6 Å². The summed E-state index contributed by atoms with van der Waals surface area (Å²) in [6, 6.07) is 14.2. The predicted octanol–water partition coefficient (Wildman–Crippen LogP) is 7.06. The molecule has 0 atom stereocenters. The summed E-state index contributed by atoms with van der Waals surface area (Å²) in [5.41, 5.74) is 3.37. The number of hydrogen-bond acceptors (Lipinski definition) is 5. The normalized spacial score (nSPS) is 10.9. The monoisotopic (exact) mass is 621 g/mol. The fraction of sp³-hybridized carbons (Fsp3) is 0.0370. The third-order valence-corrected chi connectivity index (χ3v) is 5.93. The molecule has 1 aromatic heterocycles. The highest BCUT2D eigenvalue weighted by Gasteiger charge is 2.33. The molecular weight excluding hydrogens is 605 g/mol. The van der Waals surface area contributed by atoms with Crippen LogP contribution in [0.5, 0.6) is 11.5 Å². The van der Waals surface area contributed by atoms with Gasteiger partial charge in [0, 0.05) is 29.2 Å². The lowest BCUT2D eigenvalue weighted by atomic mass is 10.2. The zero-order valence-electron chi connectivity index (χ0n) is 20.9. The molecule has 4 N–H and O–H groups in total. The first-order valence-electron chi connectivity index (χ1n) is 11.6. The number of aromatic nitrogens is 1. The summed E-state index contributed by atoms with van der Waals surface area (Å²) in [7, 11) is 0. The first-order valence-corrected chi connectivity index (χ1v) is 12.4. The summed E-state index contributed by atoms with van der Waals surface area (Å²) in [6.07, 6.45) is -3.39. The maximum Gasteiger partial charge on any atom is 0.417 e. The molecule has 4 rings (SSSR count). The van der Waals surface area contributed by atoms with Crippen molar-refractivity contribution in [3.05, 3.63) is 112 Å². The quantitative estimate of drug-likeness (QED) is 0.136. The Morgan fingerprint density at radius 2 is 1.40 bits per heavy atom. The molecule has 4 amide bonds. The van der Waals surface area contributed by atoms with Crippen molar-refractivity contribution >= 4 is 52.4 Å². The summed E-state index contributed by atoms with van der Waals surface area (Å²) in [5, 5.41) is 4.03. The molecule has 0 aliphatic rings. The molecule has 0 fully saturated rings. The molecule has 0 unspecified atom stereocenters. The summed E-state index contributed by atoms with van der Waals surface area (Å²) >= 11 is 11.2. The summed E-state index contributed by atoms with van der Waals surface area (Å²) < 4.78 is 58.1. The molecule has 0 saturated heterocycles. The minimum atomic E-state index is -4.68. The number of benzene rings is 3. The van der Waals surface area contributed by atoms with Gasteiger partial charge in [-0.2, -0.15) is 13.2 Å². The van der Waals surface area contributed by atoms with Crippen molar-refractivity contribution in [1.82, 2.24) is 15.8 Å². The van der Waals surface area contributed by atoms with Crippen LogP contribution in [0.4, 0.5) is 33.7 Å². The average molecular weight is 622 g/mol. The van der Waals surface area contributed by atoms with E-state index < -0.39 is 40.4 Å². The van der Waals surface area contributed by atoms with Gasteiger partial charge in [-0.05, 0) is 66.7 Å². The molecule has 3 aromatic carbocycles. The Labute approximate surface area is 244 Å². The molecule has 0 radical (unpaired) electrons. The number of hydrogen-bond donors (Lipinski definition) is 4. The number of halogens is 6. The predicted molar refractivity (Wildman–Crippen MR) is 146 cm³/mol. The molecule has 4 aromatic rings. The topological polar surface area (TPSA) is 121 Å². The van der Waals surface area contributed by atoms with E-state index in [1.165, 1.54) is 54.7 Å². The van der Waals surface area contributed by atoms with Crippen LogP contribution in [0.3, 0.4) is 0 Å². The first kappa shape index (κ1) is 30.1. The number of rotatable bonds is 6. The Morgan fingerprint density at radius 1 is 0.738 bits per heavy atom. The minimum absolute atomic E-state index is 0.0164. The molecule has 0 aliphatic carbocycles. The molecule has 9 nitrogen and oxygen atoms in total. The van der Waals surface area contributed by atoms with Gasteiger partial charge in [-0.1, -0.05) is 23.2 Å². The van der Waals surface area contributed by atoms with Crippen molar-refractivity contribution in [2.24, 2.45) is 0 Å². The summed E-state index contributed by atoms with van der Waals surface area (Å²) in [4.78, 5) is 40.8. The van der Waals surface area contributed by atoms with Crippen LogP contribution in [0.15, 0.2) is 79.0 Å². The van der Waals surface area contributed by atoms with Crippen molar-refractivity contribution in [2.75, 3.05) is 10.6 Å². The lowest BCUT2D eigenvalue weighted by Gasteiger charge is -2.13. The number of urea groups is 1. The van der Waals surface area contributed by atoms with Crippen molar-refractivity contribution in [3.63, 3.8) is 0 Å². The third kappa shape index (κ3) is 7.86. The van der Waals surface area contributed by atoms with E-state index >= 15 is 0 Å². The Kier molecular flexibility index (Phi) is 9.13. The van der Waals surface area contributed by atoms with Gasteiger partial charge in [-0.3, -0.25) is 25.4 Å². The van der Waals surface area contributed by atoms with Gasteiger partial charge >= 0.3 is 12.2 Å². The van der Waals surface area contributed by atoms with E-state index in [2.05, 4.69) is 26.5 Å². The number of nitrogens with zero attached hydrogens (tertiary/aromatic N) is 1. The Bertz CT molecular complexity index is 1650. The lowest BCUT2D eigenvalue weighted by molar-refractivity contribution is -0.137. The molecule has 0 bridgehead atoms. The lowest BCUT2D eigenvalue weighted by Crippen LogP contribution is -2.41. The van der Waals surface area contributed by atoms with Gasteiger partial charge in [-0.15, -0.1) is 0 Å². The van der Waals surface area contributed by atoms with Crippen LogP contribution in [0.1, 0.15) is 26.4 Å². The van der Waals surface area contributed by atoms with Gasteiger partial charge in [-0.25, -0.2) is 9.18 Å². The largest absolute Gasteiger partial charge is 0.457 e. The summed E-state index contributed by atoms with van der Waals surface area (Å²) in [6.45, 7) is 0. The number of carbonyl (C=O) groups is 3. The highest BCUT2D eigenvalue weighted by molar-refractivity contribution is 6.31. The second-order valence-corrected chi connectivity index (χ2v) is 9.13. The number of amides is 4. The number of alkyl halides is 3. The highest BCUT2D eigenvalue weighted by Crippen LogP contribution is 2.36. The van der Waals surface area contributed by atoms with Crippen molar-refractivity contribution < 1.29 is 36.7 Å². The Balaban J connectivity index is 1.32. The van der Waals surface area contributed by atoms with Crippen LogP contribution in [0.25, 0.3) is 0 Å². The molecule has 0 saturated carbocycles. The van der Waals surface area contributed by atoms with Crippen molar-refractivity contribution in [3.8, 4) is 11.5 Å². The molecule has 0 aliphatic heterocycles. The van der Waals surface area contributed by atoms with Gasteiger partial charge in [0.2, 0.25) is 0 Å². The van der Waals surface area contributed by atoms with Crippen molar-refractivity contribution in [1.29, 1.82) is 0 Å². The standard InChI is InChI=1S/C27H17Cl2F4N5O4/c28-20-7-4-16(12-19(20)27(31,32)33)36-26(41)35-15-2-5-17(6-3-15)42-18-9-10-34-23(13-18)25(40)38-37-24(39)14-1-8-22(30)21(29)11-14/h1-13H,(H,37,39)(H,38,40)(H2,35,36,41). The molecule has 15 heteroatoms. The van der Waals surface area contributed by atoms with Gasteiger partial charge in [0.15, 0.2) is 0 Å². The molecule has 216 valence electrons. The second-order valence-electron chi connectivity index (χ2n) is 8.31. The van der Waals surface area contributed by atoms with E-state index in [9.17, 15) is 31.9 Å². The zero-order chi connectivity index (χ0) is 30.4. The maximum absolute atomic E-state index is 13.3. The molecule has 1 heterocycles.